The first-order chi connectivity index (χ1) is 6.74. The molecular weight excluding hydrogens is 176 g/mol. The number of carbonyl (C=O) groups excluding carboxylic acids is 1. The highest BCUT2D eigenvalue weighted by atomic mass is 16.5. The number of aldehydes is 1. The van der Waals surface area contributed by atoms with E-state index in [1.807, 2.05) is 6.08 Å². The summed E-state index contributed by atoms with van der Waals surface area (Å²) in [5.74, 6) is 0.664. The Hall–Kier alpha value is -1.31. The van der Waals surface area contributed by atoms with Crippen LogP contribution in [0.4, 0.5) is 0 Å². The zero-order valence-corrected chi connectivity index (χ0v) is 8.95. The van der Waals surface area contributed by atoms with E-state index in [2.05, 4.69) is 26.5 Å². The molecule has 78 valence electrons. The van der Waals surface area contributed by atoms with Crippen molar-refractivity contribution < 1.29 is 9.53 Å². The van der Waals surface area contributed by atoms with E-state index >= 15 is 0 Å². The van der Waals surface area contributed by atoms with E-state index in [1.165, 1.54) is 5.57 Å². The van der Waals surface area contributed by atoms with Gasteiger partial charge in [-0.1, -0.05) is 25.2 Å². The van der Waals surface area contributed by atoms with Gasteiger partial charge in [0.1, 0.15) is 12.4 Å². The molecule has 0 saturated heterocycles. The Kier molecular flexibility index (Phi) is 7.52. The Morgan fingerprint density at radius 2 is 2.14 bits per heavy atom. The molecule has 0 unspecified atom stereocenters. The van der Waals surface area contributed by atoms with Gasteiger partial charge in [-0.15, -0.1) is 0 Å². The van der Waals surface area contributed by atoms with Gasteiger partial charge in [0, 0.05) is 0 Å². The highest BCUT2D eigenvalue weighted by Gasteiger charge is 1.90. The van der Waals surface area contributed by atoms with Crippen LogP contribution in [0.15, 0.2) is 36.1 Å². The predicted molar refractivity (Wildman–Crippen MR) is 59.0 cm³/mol. The molecule has 0 rings (SSSR count). The molecular formula is C12H18O2. The van der Waals surface area contributed by atoms with Crippen LogP contribution < -0.4 is 0 Å². The standard InChI is InChI=1S/C12H18O2/c1-4-11(3)7-6-8-12(5-2)14-10-9-13/h5,7-9H,2,4,6,10H2,1,3H3/b11-7+,12-8+. The number of carbonyl (C=O) groups is 1. The quantitative estimate of drug-likeness (QED) is 0.269. The lowest BCUT2D eigenvalue weighted by Gasteiger charge is -2.01. The zero-order chi connectivity index (χ0) is 10.8. The van der Waals surface area contributed by atoms with Crippen molar-refractivity contribution in [2.75, 3.05) is 6.61 Å². The maximum Gasteiger partial charge on any atom is 0.157 e. The van der Waals surface area contributed by atoms with Crippen LogP contribution in [0.5, 0.6) is 0 Å². The van der Waals surface area contributed by atoms with Crippen molar-refractivity contribution in [1.82, 2.24) is 0 Å². The molecule has 0 spiro atoms. The number of hydrogen-bond donors (Lipinski definition) is 0. The van der Waals surface area contributed by atoms with Gasteiger partial charge in [-0.3, -0.25) is 4.79 Å². The minimum atomic E-state index is 0.0916. The summed E-state index contributed by atoms with van der Waals surface area (Å²) in [6.07, 6.45) is 8.26. The summed E-state index contributed by atoms with van der Waals surface area (Å²) in [5, 5.41) is 0. The second kappa shape index (κ2) is 8.30. The second-order valence-corrected chi connectivity index (χ2v) is 2.93. The molecule has 0 N–H and O–H groups in total. The van der Waals surface area contributed by atoms with Crippen molar-refractivity contribution in [3.63, 3.8) is 0 Å². The third kappa shape index (κ3) is 6.23. The monoisotopic (exact) mass is 194 g/mol. The SMILES string of the molecule is C=C/C(=C\C/C=C(\C)CC)OCC=O. The van der Waals surface area contributed by atoms with E-state index in [0.717, 1.165) is 19.1 Å². The van der Waals surface area contributed by atoms with Crippen LogP contribution in [0, 0.1) is 0 Å². The van der Waals surface area contributed by atoms with Crippen molar-refractivity contribution >= 4 is 6.29 Å². The average Bonchev–Trinajstić information content (AvgIpc) is 2.22. The maximum absolute atomic E-state index is 10.1. The van der Waals surface area contributed by atoms with Crippen LogP contribution in [-0.2, 0) is 9.53 Å². The molecule has 0 bridgehead atoms. The largest absolute Gasteiger partial charge is 0.487 e. The minimum Gasteiger partial charge on any atom is -0.487 e. The first kappa shape index (κ1) is 12.7. The third-order valence-electron chi connectivity index (χ3n) is 1.86. The van der Waals surface area contributed by atoms with Crippen molar-refractivity contribution in [3.8, 4) is 0 Å². The number of ether oxygens (including phenoxy) is 1. The lowest BCUT2D eigenvalue weighted by atomic mass is 10.2. The molecule has 0 aromatic heterocycles. The van der Waals surface area contributed by atoms with Gasteiger partial charge in [0.25, 0.3) is 0 Å². The Morgan fingerprint density at radius 1 is 1.43 bits per heavy atom. The van der Waals surface area contributed by atoms with Crippen molar-refractivity contribution in [2.45, 2.75) is 26.7 Å². The second-order valence-electron chi connectivity index (χ2n) is 2.93. The zero-order valence-electron chi connectivity index (χ0n) is 8.95. The van der Waals surface area contributed by atoms with Gasteiger partial charge in [-0.05, 0) is 31.9 Å². The molecule has 0 aromatic rings. The Bertz CT molecular complexity index is 237. The Labute approximate surface area is 86.0 Å². The molecule has 14 heavy (non-hydrogen) atoms. The van der Waals surface area contributed by atoms with Crippen LogP contribution in [-0.4, -0.2) is 12.9 Å². The molecule has 0 amide bonds. The molecule has 0 heterocycles. The van der Waals surface area contributed by atoms with E-state index in [-0.39, 0.29) is 6.61 Å². The van der Waals surface area contributed by atoms with E-state index in [4.69, 9.17) is 4.74 Å². The van der Waals surface area contributed by atoms with Crippen molar-refractivity contribution in [2.24, 2.45) is 0 Å². The smallest absolute Gasteiger partial charge is 0.157 e. The van der Waals surface area contributed by atoms with Crippen molar-refractivity contribution in [3.05, 3.63) is 36.1 Å². The first-order valence-electron chi connectivity index (χ1n) is 4.79. The summed E-state index contributed by atoms with van der Waals surface area (Å²) in [6.45, 7) is 7.90. The molecule has 0 atom stereocenters. The summed E-state index contributed by atoms with van der Waals surface area (Å²) in [5.41, 5.74) is 1.35. The maximum atomic E-state index is 10.1. The fourth-order valence-corrected chi connectivity index (χ4v) is 0.852. The fourth-order valence-electron chi connectivity index (χ4n) is 0.852. The van der Waals surface area contributed by atoms with E-state index in [1.54, 1.807) is 6.08 Å². The Morgan fingerprint density at radius 3 is 2.64 bits per heavy atom. The number of rotatable bonds is 7. The molecule has 2 heteroatoms. The van der Waals surface area contributed by atoms with Crippen LogP contribution in [0.25, 0.3) is 0 Å². The minimum absolute atomic E-state index is 0.0916. The lowest BCUT2D eigenvalue weighted by molar-refractivity contribution is -0.110. The molecule has 0 aliphatic heterocycles. The third-order valence-corrected chi connectivity index (χ3v) is 1.86. The number of allylic oxidation sites excluding steroid dienone is 4. The summed E-state index contributed by atoms with van der Waals surface area (Å²) in [4.78, 5) is 10.1. The normalized spacial score (nSPS) is 12.4. The van der Waals surface area contributed by atoms with E-state index in [0.29, 0.717) is 5.76 Å². The van der Waals surface area contributed by atoms with Crippen LogP contribution >= 0.6 is 0 Å². The van der Waals surface area contributed by atoms with Gasteiger partial charge in [0.2, 0.25) is 0 Å². The van der Waals surface area contributed by atoms with Gasteiger partial charge >= 0.3 is 0 Å². The van der Waals surface area contributed by atoms with Gasteiger partial charge < -0.3 is 4.74 Å². The lowest BCUT2D eigenvalue weighted by Crippen LogP contribution is -1.93. The molecule has 0 aliphatic carbocycles. The van der Waals surface area contributed by atoms with E-state index < -0.39 is 0 Å². The molecule has 0 aromatic carbocycles. The van der Waals surface area contributed by atoms with Gasteiger partial charge in [-0.2, -0.15) is 0 Å². The van der Waals surface area contributed by atoms with Crippen LogP contribution in [0.2, 0.25) is 0 Å². The summed E-state index contributed by atoms with van der Waals surface area (Å²) >= 11 is 0. The van der Waals surface area contributed by atoms with Gasteiger partial charge in [0.05, 0.1) is 0 Å². The van der Waals surface area contributed by atoms with Crippen LogP contribution in [0.1, 0.15) is 26.7 Å². The highest BCUT2D eigenvalue weighted by molar-refractivity contribution is 5.50. The van der Waals surface area contributed by atoms with Gasteiger partial charge in [0.15, 0.2) is 6.29 Å². The first-order valence-corrected chi connectivity index (χ1v) is 4.79. The van der Waals surface area contributed by atoms with Gasteiger partial charge in [-0.25, -0.2) is 0 Å². The summed E-state index contributed by atoms with van der Waals surface area (Å²) < 4.78 is 5.10. The molecule has 0 fully saturated rings. The summed E-state index contributed by atoms with van der Waals surface area (Å²) in [7, 11) is 0. The molecule has 0 radical (unpaired) electrons. The predicted octanol–water partition coefficient (Wildman–Crippen LogP) is 3.02. The fraction of sp³-hybridized carbons (Fsp3) is 0.417. The molecule has 0 aliphatic rings. The highest BCUT2D eigenvalue weighted by Crippen LogP contribution is 2.04. The van der Waals surface area contributed by atoms with Crippen LogP contribution in [0.3, 0.4) is 0 Å². The average molecular weight is 194 g/mol. The molecule has 0 saturated carbocycles. The molecule has 2 nitrogen and oxygen atoms in total. The van der Waals surface area contributed by atoms with E-state index in [9.17, 15) is 4.79 Å². The topological polar surface area (TPSA) is 26.3 Å². The Balaban J connectivity index is 4.04. The van der Waals surface area contributed by atoms with Crippen molar-refractivity contribution in [1.29, 1.82) is 0 Å². The number of hydrogen-bond acceptors (Lipinski definition) is 2. The summed E-state index contributed by atoms with van der Waals surface area (Å²) in [6, 6.07) is 0.